The first-order valence-electron chi connectivity index (χ1n) is 6.09. The lowest BCUT2D eigenvalue weighted by atomic mass is 9.97. The summed E-state index contributed by atoms with van der Waals surface area (Å²) >= 11 is 0. The summed E-state index contributed by atoms with van der Waals surface area (Å²) in [5, 5.41) is 9.13. The van der Waals surface area contributed by atoms with Crippen molar-refractivity contribution in [2.75, 3.05) is 24.7 Å². The third-order valence-electron chi connectivity index (χ3n) is 3.75. The topological polar surface area (TPSA) is 49.2 Å². The van der Waals surface area contributed by atoms with Gasteiger partial charge in [0, 0.05) is 31.3 Å². The second-order valence-corrected chi connectivity index (χ2v) is 4.66. The molecule has 2 unspecified atom stereocenters. The number of nitrogens with zero attached hydrogens (tertiary/aromatic N) is 3. The summed E-state index contributed by atoms with van der Waals surface area (Å²) in [7, 11) is 0. The van der Waals surface area contributed by atoms with Crippen molar-refractivity contribution < 1.29 is 4.74 Å². The zero-order valence-corrected chi connectivity index (χ0v) is 9.67. The summed E-state index contributed by atoms with van der Waals surface area (Å²) < 4.78 is 5.51. The molecule has 0 radical (unpaired) electrons. The van der Waals surface area contributed by atoms with Crippen LogP contribution < -0.4 is 4.90 Å². The molecule has 2 saturated heterocycles. The minimum absolute atomic E-state index is 0.505. The maximum atomic E-state index is 9.13. The summed E-state index contributed by atoms with van der Waals surface area (Å²) in [6.07, 6.45) is 3.96. The van der Waals surface area contributed by atoms with Crippen molar-refractivity contribution in [3.63, 3.8) is 0 Å². The van der Waals surface area contributed by atoms with E-state index in [4.69, 9.17) is 10.00 Å². The standard InChI is InChI=1S/C13H15N3O/c14-8-10-2-1-5-15-13(10)16-6-3-11-9-17-7-4-12(11)16/h1-2,5,11-12H,3-4,6-7,9H2. The first-order chi connectivity index (χ1) is 8.40. The quantitative estimate of drug-likeness (QED) is 0.733. The van der Waals surface area contributed by atoms with Gasteiger partial charge in [-0.05, 0) is 25.0 Å². The lowest BCUT2D eigenvalue weighted by molar-refractivity contribution is 0.0516. The number of aromatic nitrogens is 1. The highest BCUT2D eigenvalue weighted by Crippen LogP contribution is 2.34. The number of fused-ring (bicyclic) bond motifs is 1. The van der Waals surface area contributed by atoms with Crippen LogP contribution in [0.1, 0.15) is 18.4 Å². The molecule has 0 saturated carbocycles. The fourth-order valence-electron chi connectivity index (χ4n) is 2.92. The minimum atomic E-state index is 0.505. The van der Waals surface area contributed by atoms with Gasteiger partial charge < -0.3 is 9.64 Å². The van der Waals surface area contributed by atoms with Crippen molar-refractivity contribution in [3.8, 4) is 6.07 Å². The summed E-state index contributed by atoms with van der Waals surface area (Å²) in [6.45, 7) is 2.67. The monoisotopic (exact) mass is 229 g/mol. The smallest absolute Gasteiger partial charge is 0.146 e. The Kier molecular flexibility index (Phi) is 2.69. The van der Waals surface area contributed by atoms with Crippen LogP contribution in [0.25, 0.3) is 0 Å². The Morgan fingerprint density at radius 2 is 2.41 bits per heavy atom. The molecule has 0 aromatic carbocycles. The van der Waals surface area contributed by atoms with Gasteiger partial charge in [-0.15, -0.1) is 0 Å². The largest absolute Gasteiger partial charge is 0.381 e. The van der Waals surface area contributed by atoms with Crippen LogP contribution in [0.4, 0.5) is 5.82 Å². The van der Waals surface area contributed by atoms with E-state index in [9.17, 15) is 0 Å². The van der Waals surface area contributed by atoms with Gasteiger partial charge in [-0.25, -0.2) is 4.98 Å². The Labute approximate surface area is 101 Å². The molecule has 1 aromatic heterocycles. The molecule has 0 aliphatic carbocycles. The van der Waals surface area contributed by atoms with Crippen molar-refractivity contribution in [1.82, 2.24) is 4.98 Å². The molecule has 88 valence electrons. The Hall–Kier alpha value is -1.60. The van der Waals surface area contributed by atoms with Crippen molar-refractivity contribution in [3.05, 3.63) is 23.9 Å². The van der Waals surface area contributed by atoms with Gasteiger partial charge in [0.25, 0.3) is 0 Å². The van der Waals surface area contributed by atoms with Crippen molar-refractivity contribution >= 4 is 5.82 Å². The van der Waals surface area contributed by atoms with Crippen LogP contribution in [-0.2, 0) is 4.74 Å². The Bertz CT molecular complexity index is 454. The summed E-state index contributed by atoms with van der Waals surface area (Å²) in [5.74, 6) is 1.46. The van der Waals surface area contributed by atoms with Crippen LogP contribution in [0.5, 0.6) is 0 Å². The Morgan fingerprint density at radius 1 is 1.47 bits per heavy atom. The van der Waals surface area contributed by atoms with Gasteiger partial charge in [0.05, 0.1) is 12.2 Å². The molecule has 0 amide bonds. The zero-order chi connectivity index (χ0) is 11.7. The highest BCUT2D eigenvalue weighted by molar-refractivity contribution is 5.55. The maximum Gasteiger partial charge on any atom is 0.146 e. The van der Waals surface area contributed by atoms with Gasteiger partial charge in [0.2, 0.25) is 0 Å². The lowest BCUT2D eigenvalue weighted by Gasteiger charge is -2.32. The van der Waals surface area contributed by atoms with E-state index < -0.39 is 0 Å². The molecule has 4 nitrogen and oxygen atoms in total. The highest BCUT2D eigenvalue weighted by atomic mass is 16.5. The maximum absolute atomic E-state index is 9.13. The molecular formula is C13H15N3O. The highest BCUT2D eigenvalue weighted by Gasteiger charge is 2.37. The van der Waals surface area contributed by atoms with Gasteiger partial charge in [0.1, 0.15) is 11.9 Å². The first-order valence-corrected chi connectivity index (χ1v) is 6.09. The SMILES string of the molecule is N#Cc1cccnc1N1CCC2COCCC21. The molecule has 2 aliphatic rings. The van der Waals surface area contributed by atoms with Crippen LogP contribution >= 0.6 is 0 Å². The van der Waals surface area contributed by atoms with E-state index in [1.165, 1.54) is 0 Å². The minimum Gasteiger partial charge on any atom is -0.381 e. The van der Waals surface area contributed by atoms with Gasteiger partial charge in [-0.3, -0.25) is 0 Å². The zero-order valence-electron chi connectivity index (χ0n) is 9.67. The van der Waals surface area contributed by atoms with Crippen LogP contribution in [0.2, 0.25) is 0 Å². The van der Waals surface area contributed by atoms with Crippen LogP contribution in [0, 0.1) is 17.2 Å². The molecule has 2 aliphatic heterocycles. The van der Waals surface area contributed by atoms with Gasteiger partial charge >= 0.3 is 0 Å². The predicted molar refractivity (Wildman–Crippen MR) is 63.6 cm³/mol. The third kappa shape index (κ3) is 1.77. The van der Waals surface area contributed by atoms with Gasteiger partial charge in [-0.2, -0.15) is 5.26 Å². The fourth-order valence-corrected chi connectivity index (χ4v) is 2.92. The molecule has 0 N–H and O–H groups in total. The lowest BCUT2D eigenvalue weighted by Crippen LogP contribution is -2.39. The average molecular weight is 229 g/mol. The summed E-state index contributed by atoms with van der Waals surface area (Å²) in [4.78, 5) is 6.68. The van der Waals surface area contributed by atoms with E-state index in [1.807, 2.05) is 12.1 Å². The summed E-state index contributed by atoms with van der Waals surface area (Å²) in [5.41, 5.74) is 0.680. The Morgan fingerprint density at radius 3 is 3.29 bits per heavy atom. The van der Waals surface area contributed by atoms with Crippen LogP contribution in [0.3, 0.4) is 0 Å². The van der Waals surface area contributed by atoms with Crippen molar-refractivity contribution in [2.45, 2.75) is 18.9 Å². The molecule has 0 spiro atoms. The molecule has 1 aromatic rings. The number of ether oxygens (including phenoxy) is 1. The van der Waals surface area contributed by atoms with Crippen molar-refractivity contribution in [2.24, 2.45) is 5.92 Å². The Balaban J connectivity index is 1.92. The average Bonchev–Trinajstić information content (AvgIpc) is 2.82. The van der Waals surface area contributed by atoms with E-state index in [-0.39, 0.29) is 0 Å². The van der Waals surface area contributed by atoms with Gasteiger partial charge in [-0.1, -0.05) is 0 Å². The normalized spacial score (nSPS) is 27.6. The van der Waals surface area contributed by atoms with Gasteiger partial charge in [0.15, 0.2) is 0 Å². The number of rotatable bonds is 1. The number of hydrogen-bond donors (Lipinski definition) is 0. The van der Waals surface area contributed by atoms with Crippen LogP contribution in [0.15, 0.2) is 18.3 Å². The molecule has 3 heterocycles. The molecule has 3 rings (SSSR count). The molecule has 2 atom stereocenters. The first kappa shape index (κ1) is 10.5. The van der Waals surface area contributed by atoms with Crippen molar-refractivity contribution in [1.29, 1.82) is 5.26 Å². The number of pyridine rings is 1. The van der Waals surface area contributed by atoms with E-state index >= 15 is 0 Å². The molecule has 0 bridgehead atoms. The van der Waals surface area contributed by atoms with Crippen LogP contribution in [-0.4, -0.2) is 30.8 Å². The third-order valence-corrected chi connectivity index (χ3v) is 3.75. The number of hydrogen-bond acceptors (Lipinski definition) is 4. The van der Waals surface area contributed by atoms with E-state index in [1.54, 1.807) is 6.20 Å². The predicted octanol–water partition coefficient (Wildman–Crippen LogP) is 1.57. The molecule has 17 heavy (non-hydrogen) atoms. The van der Waals surface area contributed by atoms with E-state index in [0.29, 0.717) is 17.5 Å². The van der Waals surface area contributed by atoms with E-state index in [0.717, 1.165) is 38.4 Å². The second kappa shape index (κ2) is 4.34. The van der Waals surface area contributed by atoms with E-state index in [2.05, 4.69) is 16.0 Å². The fraction of sp³-hybridized carbons (Fsp3) is 0.538. The number of anilines is 1. The number of nitriles is 1. The second-order valence-electron chi connectivity index (χ2n) is 4.66. The molecular weight excluding hydrogens is 214 g/mol. The molecule has 4 heteroatoms. The summed E-state index contributed by atoms with van der Waals surface area (Å²) in [6, 6.07) is 6.40. The molecule has 2 fully saturated rings.